The minimum Gasteiger partial charge on any atom is -0.480 e. The molecule has 5 unspecified atom stereocenters. The predicted molar refractivity (Wildman–Crippen MR) is 130 cm³/mol. The van der Waals surface area contributed by atoms with Crippen molar-refractivity contribution >= 4 is 29.7 Å². The van der Waals surface area contributed by atoms with Crippen molar-refractivity contribution in [2.45, 2.75) is 56.5 Å². The molecule has 0 fully saturated rings. The van der Waals surface area contributed by atoms with Gasteiger partial charge in [0.2, 0.25) is 17.7 Å². The van der Waals surface area contributed by atoms with E-state index in [0.717, 1.165) is 0 Å². The molecule has 0 bridgehead atoms. The standard InChI is InChI=1S/C22H35N7O7/c1-12(31)17(29-18(32)14(23)11-30)20(34)28-16(10-13-6-3-2-4-7-13)19(33)27-15(21(35)36)8-5-9-26-22(24)25/h2-4,6-7,12,14-17,30-31H,5,8-11,23H2,1H3,(H,27,33)(H,28,34)(H,29,32)(H,35,36)(H4,24,25,26). The van der Waals surface area contributed by atoms with Crippen LogP contribution in [0.3, 0.4) is 0 Å². The zero-order valence-corrected chi connectivity index (χ0v) is 20.0. The van der Waals surface area contributed by atoms with Crippen molar-refractivity contribution in [1.29, 1.82) is 0 Å². The first-order valence-corrected chi connectivity index (χ1v) is 11.2. The zero-order valence-electron chi connectivity index (χ0n) is 20.0. The summed E-state index contributed by atoms with van der Waals surface area (Å²) in [6, 6.07) is 3.30. The van der Waals surface area contributed by atoms with Crippen LogP contribution in [-0.2, 0) is 25.6 Å². The van der Waals surface area contributed by atoms with E-state index in [1.807, 2.05) is 0 Å². The Kier molecular flexibility index (Phi) is 12.9. The molecule has 3 amide bonds. The van der Waals surface area contributed by atoms with Crippen LogP contribution in [0.4, 0.5) is 0 Å². The van der Waals surface area contributed by atoms with Crippen molar-refractivity contribution in [3.05, 3.63) is 35.9 Å². The first kappa shape index (κ1) is 30.3. The minimum atomic E-state index is -1.49. The highest BCUT2D eigenvalue weighted by molar-refractivity contribution is 5.94. The second-order valence-corrected chi connectivity index (χ2v) is 8.12. The molecular formula is C22H35N7O7. The van der Waals surface area contributed by atoms with Crippen molar-refractivity contribution in [3.63, 3.8) is 0 Å². The molecule has 0 aliphatic rings. The molecule has 0 saturated carbocycles. The largest absolute Gasteiger partial charge is 0.480 e. The van der Waals surface area contributed by atoms with Gasteiger partial charge in [0.15, 0.2) is 5.96 Å². The molecule has 5 atom stereocenters. The smallest absolute Gasteiger partial charge is 0.326 e. The third-order valence-electron chi connectivity index (χ3n) is 5.07. The second kappa shape index (κ2) is 15.3. The number of aliphatic hydroxyl groups excluding tert-OH is 2. The van der Waals surface area contributed by atoms with Gasteiger partial charge in [-0.05, 0) is 25.3 Å². The van der Waals surface area contributed by atoms with Crippen LogP contribution in [0.5, 0.6) is 0 Å². The van der Waals surface area contributed by atoms with E-state index in [9.17, 15) is 29.4 Å². The highest BCUT2D eigenvalue weighted by Crippen LogP contribution is 2.07. The van der Waals surface area contributed by atoms with E-state index in [0.29, 0.717) is 5.56 Å². The summed E-state index contributed by atoms with van der Waals surface area (Å²) >= 11 is 0. The SMILES string of the molecule is CC(O)C(NC(=O)C(N)CO)C(=O)NC(Cc1ccccc1)C(=O)NC(CCCN=C(N)N)C(=O)O. The molecule has 1 rings (SSSR count). The first-order chi connectivity index (χ1) is 17.0. The summed E-state index contributed by atoms with van der Waals surface area (Å²) in [5.74, 6) is -4.00. The van der Waals surface area contributed by atoms with E-state index in [2.05, 4.69) is 20.9 Å². The van der Waals surface area contributed by atoms with Gasteiger partial charge in [-0.1, -0.05) is 30.3 Å². The number of benzene rings is 1. The summed E-state index contributed by atoms with van der Waals surface area (Å²) in [6.07, 6.45) is -1.08. The molecule has 12 N–H and O–H groups in total. The average Bonchev–Trinajstić information content (AvgIpc) is 2.83. The Morgan fingerprint density at radius 1 is 0.972 bits per heavy atom. The fraction of sp³-hybridized carbons (Fsp3) is 0.500. The molecular weight excluding hydrogens is 474 g/mol. The summed E-state index contributed by atoms with van der Waals surface area (Å²) in [6.45, 7) is 0.731. The summed E-state index contributed by atoms with van der Waals surface area (Å²) in [7, 11) is 0. The van der Waals surface area contributed by atoms with E-state index in [1.54, 1.807) is 30.3 Å². The molecule has 1 aromatic rings. The number of nitrogens with one attached hydrogen (secondary N) is 3. The van der Waals surface area contributed by atoms with E-state index < -0.39 is 60.6 Å². The van der Waals surface area contributed by atoms with E-state index in [-0.39, 0.29) is 31.8 Å². The van der Waals surface area contributed by atoms with Gasteiger partial charge in [-0.2, -0.15) is 0 Å². The number of carboxylic acids is 1. The molecule has 0 heterocycles. The van der Waals surface area contributed by atoms with Crippen molar-refractivity contribution in [1.82, 2.24) is 16.0 Å². The van der Waals surface area contributed by atoms with Crippen LogP contribution in [-0.4, -0.2) is 88.4 Å². The monoisotopic (exact) mass is 509 g/mol. The number of aliphatic hydroxyl groups is 2. The van der Waals surface area contributed by atoms with Gasteiger partial charge in [-0.3, -0.25) is 19.4 Å². The molecule has 14 heteroatoms. The first-order valence-electron chi connectivity index (χ1n) is 11.2. The molecule has 0 spiro atoms. The maximum atomic E-state index is 13.0. The number of carbonyl (C=O) groups is 4. The Labute approximate surface area is 208 Å². The Bertz CT molecular complexity index is 907. The summed E-state index contributed by atoms with van der Waals surface area (Å²) in [5.41, 5.74) is 16.6. The van der Waals surface area contributed by atoms with Gasteiger partial charge in [0.25, 0.3) is 0 Å². The Balaban J connectivity index is 3.05. The summed E-state index contributed by atoms with van der Waals surface area (Å²) < 4.78 is 0. The number of amides is 3. The van der Waals surface area contributed by atoms with Crippen LogP contribution in [0.2, 0.25) is 0 Å². The van der Waals surface area contributed by atoms with Gasteiger partial charge in [0.1, 0.15) is 24.2 Å². The van der Waals surface area contributed by atoms with Crippen LogP contribution in [0.25, 0.3) is 0 Å². The van der Waals surface area contributed by atoms with E-state index >= 15 is 0 Å². The molecule has 36 heavy (non-hydrogen) atoms. The Morgan fingerprint density at radius 2 is 1.58 bits per heavy atom. The quantitative estimate of drug-likeness (QED) is 0.0640. The number of carbonyl (C=O) groups excluding carboxylic acids is 3. The Morgan fingerprint density at radius 3 is 2.11 bits per heavy atom. The second-order valence-electron chi connectivity index (χ2n) is 8.12. The van der Waals surface area contributed by atoms with Crippen LogP contribution in [0, 0.1) is 0 Å². The van der Waals surface area contributed by atoms with Crippen LogP contribution < -0.4 is 33.2 Å². The van der Waals surface area contributed by atoms with E-state index in [1.165, 1.54) is 6.92 Å². The van der Waals surface area contributed by atoms with Gasteiger partial charge in [0, 0.05) is 13.0 Å². The number of nitrogens with two attached hydrogens (primary N) is 3. The fourth-order valence-corrected chi connectivity index (χ4v) is 3.10. The molecule has 0 aromatic heterocycles. The number of aliphatic imine (C=N–C) groups is 1. The molecule has 0 saturated heterocycles. The third-order valence-corrected chi connectivity index (χ3v) is 5.07. The van der Waals surface area contributed by atoms with Crippen LogP contribution in [0.15, 0.2) is 35.3 Å². The Hall–Kier alpha value is -3.75. The summed E-state index contributed by atoms with van der Waals surface area (Å²) in [5, 5.41) is 35.7. The lowest BCUT2D eigenvalue weighted by atomic mass is 10.0. The number of hydrogen-bond donors (Lipinski definition) is 9. The van der Waals surface area contributed by atoms with Crippen molar-refractivity contribution in [3.8, 4) is 0 Å². The van der Waals surface area contributed by atoms with Crippen molar-refractivity contribution < 1.29 is 34.5 Å². The average molecular weight is 510 g/mol. The highest BCUT2D eigenvalue weighted by atomic mass is 16.4. The molecule has 0 aliphatic heterocycles. The predicted octanol–water partition coefficient (Wildman–Crippen LogP) is -3.48. The fourth-order valence-electron chi connectivity index (χ4n) is 3.10. The maximum absolute atomic E-state index is 13.0. The number of nitrogens with zero attached hydrogens (tertiary/aromatic N) is 1. The molecule has 200 valence electrons. The van der Waals surface area contributed by atoms with Crippen molar-refractivity contribution in [2.24, 2.45) is 22.2 Å². The van der Waals surface area contributed by atoms with Crippen molar-refractivity contribution in [2.75, 3.05) is 13.2 Å². The lowest BCUT2D eigenvalue weighted by Crippen LogP contribution is -2.60. The molecule has 1 aromatic carbocycles. The van der Waals surface area contributed by atoms with Gasteiger partial charge in [0.05, 0.1) is 12.7 Å². The zero-order chi connectivity index (χ0) is 27.3. The van der Waals surface area contributed by atoms with Crippen LogP contribution in [0.1, 0.15) is 25.3 Å². The maximum Gasteiger partial charge on any atom is 0.326 e. The lowest BCUT2D eigenvalue weighted by molar-refractivity contribution is -0.142. The highest BCUT2D eigenvalue weighted by Gasteiger charge is 2.32. The lowest BCUT2D eigenvalue weighted by Gasteiger charge is -2.26. The van der Waals surface area contributed by atoms with Crippen LogP contribution >= 0.6 is 0 Å². The minimum absolute atomic E-state index is 0.00458. The van der Waals surface area contributed by atoms with Gasteiger partial charge >= 0.3 is 5.97 Å². The number of guanidine groups is 1. The molecule has 0 radical (unpaired) electrons. The topological polar surface area (TPSA) is 255 Å². The van der Waals surface area contributed by atoms with Gasteiger partial charge in [-0.15, -0.1) is 0 Å². The molecule has 14 nitrogen and oxygen atoms in total. The summed E-state index contributed by atoms with van der Waals surface area (Å²) in [4.78, 5) is 53.4. The number of rotatable bonds is 15. The van der Waals surface area contributed by atoms with Gasteiger partial charge in [-0.25, -0.2) is 4.79 Å². The number of aliphatic carboxylic acids is 1. The van der Waals surface area contributed by atoms with E-state index in [4.69, 9.17) is 22.3 Å². The number of hydrogen-bond acceptors (Lipinski definition) is 8. The normalized spacial score (nSPS) is 14.9. The molecule has 0 aliphatic carbocycles. The third kappa shape index (κ3) is 10.7. The van der Waals surface area contributed by atoms with Gasteiger partial charge < -0.3 is 48.5 Å². The number of carboxylic acid groups (broad SMARTS) is 1.